The number of alkyl halides is 3. The third-order valence-corrected chi connectivity index (χ3v) is 7.05. The predicted octanol–water partition coefficient (Wildman–Crippen LogP) is 3.62. The molecule has 0 atom stereocenters. The predicted molar refractivity (Wildman–Crippen MR) is 99.7 cm³/mol. The van der Waals surface area contributed by atoms with Gasteiger partial charge in [-0.3, -0.25) is 0 Å². The molecule has 0 bridgehead atoms. The third kappa shape index (κ3) is 3.65. The summed E-state index contributed by atoms with van der Waals surface area (Å²) < 4.78 is 66.4. The SMILES string of the molecule is CS(=O)(=O)N1CCC(c2cc3nc(-c4cccs4)cc(C(F)(F)F)n3n2)CC1. The number of piperidine rings is 1. The van der Waals surface area contributed by atoms with Gasteiger partial charge in [0, 0.05) is 25.1 Å². The second kappa shape index (κ2) is 6.82. The highest BCUT2D eigenvalue weighted by Gasteiger charge is 2.36. The lowest BCUT2D eigenvalue weighted by molar-refractivity contribution is -0.142. The van der Waals surface area contributed by atoms with E-state index in [-0.39, 0.29) is 17.3 Å². The summed E-state index contributed by atoms with van der Waals surface area (Å²) >= 11 is 1.32. The Morgan fingerprint density at radius 1 is 1.21 bits per heavy atom. The number of thiophene rings is 1. The van der Waals surface area contributed by atoms with E-state index in [0.717, 1.165) is 16.8 Å². The second-order valence-electron chi connectivity index (χ2n) is 6.78. The Morgan fingerprint density at radius 2 is 1.93 bits per heavy atom. The number of nitrogens with zero attached hydrogens (tertiary/aromatic N) is 4. The van der Waals surface area contributed by atoms with Crippen molar-refractivity contribution in [2.24, 2.45) is 0 Å². The molecule has 0 aromatic carbocycles. The van der Waals surface area contributed by atoms with Gasteiger partial charge in [-0.2, -0.15) is 18.3 Å². The molecule has 6 nitrogen and oxygen atoms in total. The van der Waals surface area contributed by atoms with E-state index < -0.39 is 21.9 Å². The fourth-order valence-corrected chi connectivity index (χ4v) is 4.99. The lowest BCUT2D eigenvalue weighted by Gasteiger charge is -2.29. The first kappa shape index (κ1) is 19.3. The normalized spacial score (nSPS) is 17.4. The van der Waals surface area contributed by atoms with Crippen LogP contribution in [0, 0.1) is 0 Å². The number of hydrogen-bond acceptors (Lipinski definition) is 5. The van der Waals surface area contributed by atoms with E-state index in [0.29, 0.717) is 36.5 Å². The molecule has 1 aliphatic rings. The molecule has 0 N–H and O–H groups in total. The highest BCUT2D eigenvalue weighted by atomic mass is 32.2. The van der Waals surface area contributed by atoms with Crippen molar-refractivity contribution in [1.82, 2.24) is 18.9 Å². The number of fused-ring (bicyclic) bond motifs is 1. The summed E-state index contributed by atoms with van der Waals surface area (Å²) in [5, 5.41) is 5.97. The summed E-state index contributed by atoms with van der Waals surface area (Å²) in [4.78, 5) is 5.02. The number of hydrogen-bond donors (Lipinski definition) is 0. The quantitative estimate of drug-likeness (QED) is 0.637. The molecule has 0 aliphatic carbocycles. The van der Waals surface area contributed by atoms with E-state index >= 15 is 0 Å². The Hall–Kier alpha value is -1.98. The van der Waals surface area contributed by atoms with Crippen molar-refractivity contribution >= 4 is 27.0 Å². The molecular weight excluding hydrogens is 413 g/mol. The molecule has 1 aliphatic heterocycles. The fraction of sp³-hybridized carbons (Fsp3) is 0.412. The van der Waals surface area contributed by atoms with Gasteiger partial charge in [0.15, 0.2) is 11.3 Å². The van der Waals surface area contributed by atoms with Gasteiger partial charge in [-0.15, -0.1) is 11.3 Å². The average Bonchev–Trinajstić information content (AvgIpc) is 3.28. The van der Waals surface area contributed by atoms with Gasteiger partial charge >= 0.3 is 6.18 Å². The summed E-state index contributed by atoms with van der Waals surface area (Å²) in [5.41, 5.74) is 0.0298. The van der Waals surface area contributed by atoms with E-state index in [1.54, 1.807) is 23.6 Å². The van der Waals surface area contributed by atoms with Crippen molar-refractivity contribution in [3.8, 4) is 10.6 Å². The van der Waals surface area contributed by atoms with Gasteiger partial charge in [0.2, 0.25) is 10.0 Å². The highest BCUT2D eigenvalue weighted by molar-refractivity contribution is 7.88. The molecule has 1 fully saturated rings. The van der Waals surface area contributed by atoms with E-state index in [1.165, 1.54) is 15.6 Å². The van der Waals surface area contributed by atoms with E-state index in [9.17, 15) is 21.6 Å². The van der Waals surface area contributed by atoms with Crippen LogP contribution in [0.4, 0.5) is 13.2 Å². The molecule has 150 valence electrons. The van der Waals surface area contributed by atoms with Gasteiger partial charge in [-0.1, -0.05) is 6.07 Å². The summed E-state index contributed by atoms with van der Waals surface area (Å²) in [6, 6.07) is 6.08. The van der Waals surface area contributed by atoms with E-state index in [4.69, 9.17) is 0 Å². The first-order valence-electron chi connectivity index (χ1n) is 8.60. The minimum Gasteiger partial charge on any atom is -0.228 e. The molecule has 0 radical (unpaired) electrons. The van der Waals surface area contributed by atoms with E-state index in [1.807, 2.05) is 0 Å². The Balaban J connectivity index is 1.72. The Morgan fingerprint density at radius 3 is 2.50 bits per heavy atom. The van der Waals surface area contributed by atoms with Gasteiger partial charge in [-0.25, -0.2) is 22.2 Å². The standard InChI is InChI=1S/C17H17F3N4O2S2/c1-28(25,26)23-6-4-11(5-7-23)12-10-16-21-13(14-3-2-8-27-14)9-15(17(18,19)20)24(16)22-12/h2-3,8-11H,4-7H2,1H3. The summed E-state index contributed by atoms with van der Waals surface area (Å²) in [6.07, 6.45) is -2.40. The van der Waals surface area contributed by atoms with Gasteiger partial charge in [0.25, 0.3) is 0 Å². The van der Waals surface area contributed by atoms with Gasteiger partial charge in [0.1, 0.15) is 0 Å². The summed E-state index contributed by atoms with van der Waals surface area (Å²) in [5.74, 6) is -0.106. The largest absolute Gasteiger partial charge is 0.433 e. The molecule has 1 saturated heterocycles. The van der Waals surface area contributed by atoms with Crippen LogP contribution in [0.1, 0.15) is 30.1 Å². The highest BCUT2D eigenvalue weighted by Crippen LogP contribution is 2.35. The van der Waals surface area contributed by atoms with Crippen molar-refractivity contribution in [3.05, 3.63) is 41.0 Å². The molecular formula is C17H17F3N4O2S2. The number of halogens is 3. The zero-order chi connectivity index (χ0) is 20.1. The molecule has 0 amide bonds. The Labute approximate surface area is 163 Å². The lowest BCUT2D eigenvalue weighted by Crippen LogP contribution is -2.37. The van der Waals surface area contributed by atoms with Crippen LogP contribution in [0.25, 0.3) is 16.2 Å². The van der Waals surface area contributed by atoms with Crippen LogP contribution in [0.2, 0.25) is 0 Å². The second-order valence-corrected chi connectivity index (χ2v) is 9.71. The maximum Gasteiger partial charge on any atom is 0.433 e. The van der Waals surface area contributed by atoms with Crippen molar-refractivity contribution in [3.63, 3.8) is 0 Å². The molecule has 3 aromatic rings. The minimum absolute atomic E-state index is 0.106. The lowest BCUT2D eigenvalue weighted by atomic mass is 9.95. The molecule has 0 saturated carbocycles. The molecule has 4 heterocycles. The molecule has 3 aromatic heterocycles. The van der Waals surface area contributed by atoms with Crippen LogP contribution in [0.3, 0.4) is 0 Å². The summed E-state index contributed by atoms with van der Waals surface area (Å²) in [7, 11) is -3.27. The topological polar surface area (TPSA) is 67.6 Å². The van der Waals surface area contributed by atoms with Crippen molar-refractivity contribution in [1.29, 1.82) is 0 Å². The first-order valence-corrected chi connectivity index (χ1v) is 11.3. The molecule has 0 unspecified atom stereocenters. The van der Waals surface area contributed by atoms with Gasteiger partial charge in [0.05, 0.1) is 22.5 Å². The fourth-order valence-electron chi connectivity index (χ4n) is 3.43. The van der Waals surface area contributed by atoms with Gasteiger partial charge in [-0.05, 0) is 30.4 Å². The Kier molecular flexibility index (Phi) is 4.71. The van der Waals surface area contributed by atoms with Crippen molar-refractivity contribution in [2.45, 2.75) is 24.9 Å². The molecule has 0 spiro atoms. The van der Waals surface area contributed by atoms with Crippen LogP contribution < -0.4 is 0 Å². The van der Waals surface area contributed by atoms with Crippen LogP contribution in [0.15, 0.2) is 29.6 Å². The number of rotatable bonds is 3. The number of sulfonamides is 1. The van der Waals surface area contributed by atoms with Crippen LogP contribution in [0.5, 0.6) is 0 Å². The average molecular weight is 430 g/mol. The molecule has 11 heteroatoms. The number of aromatic nitrogens is 3. The summed E-state index contributed by atoms with van der Waals surface area (Å²) in [6.45, 7) is 0.661. The zero-order valence-corrected chi connectivity index (χ0v) is 16.5. The van der Waals surface area contributed by atoms with Crippen LogP contribution >= 0.6 is 11.3 Å². The smallest absolute Gasteiger partial charge is 0.228 e. The third-order valence-electron chi connectivity index (χ3n) is 4.85. The molecule has 4 rings (SSSR count). The zero-order valence-electron chi connectivity index (χ0n) is 14.8. The van der Waals surface area contributed by atoms with Crippen molar-refractivity contribution < 1.29 is 21.6 Å². The van der Waals surface area contributed by atoms with Gasteiger partial charge < -0.3 is 0 Å². The maximum atomic E-state index is 13.6. The first-order chi connectivity index (χ1) is 13.1. The molecule has 28 heavy (non-hydrogen) atoms. The minimum atomic E-state index is -4.57. The van der Waals surface area contributed by atoms with E-state index in [2.05, 4.69) is 10.1 Å². The maximum absolute atomic E-state index is 13.6. The van der Waals surface area contributed by atoms with Crippen LogP contribution in [-0.4, -0.2) is 46.7 Å². The monoisotopic (exact) mass is 430 g/mol. The van der Waals surface area contributed by atoms with Crippen LogP contribution in [-0.2, 0) is 16.2 Å². The van der Waals surface area contributed by atoms with Crippen molar-refractivity contribution in [2.75, 3.05) is 19.3 Å². The Bertz CT molecular complexity index is 1100.